The van der Waals surface area contributed by atoms with Crippen LogP contribution in [0.5, 0.6) is 0 Å². The summed E-state index contributed by atoms with van der Waals surface area (Å²) < 4.78 is 0. The summed E-state index contributed by atoms with van der Waals surface area (Å²) >= 11 is 3.10. The minimum Gasteiger partial charge on any atom is -0.349 e. The van der Waals surface area contributed by atoms with E-state index in [1.165, 1.54) is 11.3 Å². The molecule has 126 valence electrons. The Hall–Kier alpha value is -2.51. The molecule has 3 heterocycles. The van der Waals surface area contributed by atoms with Gasteiger partial charge in [-0.3, -0.25) is 9.59 Å². The molecule has 4 rings (SSSR count). The predicted molar refractivity (Wildman–Crippen MR) is 99.8 cm³/mol. The third-order valence-electron chi connectivity index (χ3n) is 3.93. The molecule has 5 nitrogen and oxygen atoms in total. The van der Waals surface area contributed by atoms with Crippen LogP contribution in [0.2, 0.25) is 0 Å². The summed E-state index contributed by atoms with van der Waals surface area (Å²) in [5.41, 5.74) is 3.74. The van der Waals surface area contributed by atoms with E-state index in [0.29, 0.717) is 19.4 Å². The standard InChI is InChI=1S/C18H15N3O2S2/c22-16(8-13-2-1-5-24-13)19-9-18-21-15(10-25-18)11-3-4-14-12(6-11)7-17(23)20-14/h1-6,10H,7-9H2,(H,19,22)(H,20,23). The van der Waals surface area contributed by atoms with Crippen molar-refractivity contribution in [2.24, 2.45) is 0 Å². The van der Waals surface area contributed by atoms with E-state index in [4.69, 9.17) is 0 Å². The molecule has 0 unspecified atom stereocenters. The molecule has 0 aliphatic carbocycles. The van der Waals surface area contributed by atoms with Crippen LogP contribution in [0, 0.1) is 0 Å². The second-order valence-corrected chi connectivity index (χ2v) is 7.73. The number of carbonyl (C=O) groups is 2. The van der Waals surface area contributed by atoms with E-state index >= 15 is 0 Å². The van der Waals surface area contributed by atoms with Gasteiger partial charge in [0.15, 0.2) is 0 Å². The smallest absolute Gasteiger partial charge is 0.228 e. The Bertz CT molecular complexity index is 932. The molecular weight excluding hydrogens is 354 g/mol. The van der Waals surface area contributed by atoms with Crippen molar-refractivity contribution in [3.05, 3.63) is 56.5 Å². The van der Waals surface area contributed by atoms with Gasteiger partial charge in [-0.1, -0.05) is 12.1 Å². The molecule has 0 fully saturated rings. The lowest BCUT2D eigenvalue weighted by Gasteiger charge is -2.02. The van der Waals surface area contributed by atoms with Crippen molar-refractivity contribution in [1.29, 1.82) is 0 Å². The third kappa shape index (κ3) is 3.62. The number of rotatable bonds is 5. The number of carbonyl (C=O) groups excluding carboxylic acids is 2. The summed E-state index contributed by atoms with van der Waals surface area (Å²) in [5.74, 6) is 0.0286. The van der Waals surface area contributed by atoms with Crippen LogP contribution in [-0.4, -0.2) is 16.8 Å². The minimum absolute atomic E-state index is 0.00122. The summed E-state index contributed by atoms with van der Waals surface area (Å²) in [6, 6.07) is 9.77. The summed E-state index contributed by atoms with van der Waals surface area (Å²) in [7, 11) is 0. The molecule has 0 saturated carbocycles. The van der Waals surface area contributed by atoms with Crippen LogP contribution < -0.4 is 10.6 Å². The average molecular weight is 369 g/mol. The number of fused-ring (bicyclic) bond motifs is 1. The lowest BCUT2D eigenvalue weighted by Crippen LogP contribution is -2.24. The molecule has 2 aromatic heterocycles. The topological polar surface area (TPSA) is 71.1 Å². The van der Waals surface area contributed by atoms with Crippen molar-refractivity contribution in [2.45, 2.75) is 19.4 Å². The van der Waals surface area contributed by atoms with E-state index in [-0.39, 0.29) is 11.8 Å². The van der Waals surface area contributed by atoms with Crippen molar-refractivity contribution < 1.29 is 9.59 Å². The number of nitrogens with one attached hydrogen (secondary N) is 2. The number of hydrogen-bond acceptors (Lipinski definition) is 5. The molecule has 0 radical (unpaired) electrons. The molecule has 1 aliphatic rings. The Labute approximate surface area is 152 Å². The minimum atomic E-state index is 0.00122. The fourth-order valence-corrected chi connectivity index (χ4v) is 4.17. The van der Waals surface area contributed by atoms with Gasteiger partial charge >= 0.3 is 0 Å². The fourth-order valence-electron chi connectivity index (χ4n) is 2.72. The summed E-state index contributed by atoms with van der Waals surface area (Å²) in [6.45, 7) is 0.430. The van der Waals surface area contributed by atoms with Gasteiger partial charge in [0.2, 0.25) is 11.8 Å². The quantitative estimate of drug-likeness (QED) is 0.725. The number of thiophene rings is 1. The number of thiazole rings is 1. The first-order valence-corrected chi connectivity index (χ1v) is 9.60. The van der Waals surface area contributed by atoms with Gasteiger partial charge in [0.05, 0.1) is 25.1 Å². The number of amides is 2. The third-order valence-corrected chi connectivity index (χ3v) is 5.65. The molecule has 0 spiro atoms. The van der Waals surface area contributed by atoms with Gasteiger partial charge in [-0.2, -0.15) is 0 Å². The van der Waals surface area contributed by atoms with Gasteiger partial charge in [-0.25, -0.2) is 4.98 Å². The highest BCUT2D eigenvalue weighted by atomic mass is 32.1. The van der Waals surface area contributed by atoms with E-state index in [2.05, 4.69) is 15.6 Å². The Morgan fingerprint density at radius 2 is 2.20 bits per heavy atom. The molecule has 25 heavy (non-hydrogen) atoms. The first-order valence-electron chi connectivity index (χ1n) is 7.84. The average Bonchev–Trinajstić information content (AvgIpc) is 3.32. The number of hydrogen-bond donors (Lipinski definition) is 2. The number of benzene rings is 1. The van der Waals surface area contributed by atoms with E-state index in [0.717, 1.165) is 32.4 Å². The highest BCUT2D eigenvalue weighted by Crippen LogP contribution is 2.29. The van der Waals surface area contributed by atoms with Gasteiger partial charge < -0.3 is 10.6 Å². The lowest BCUT2D eigenvalue weighted by molar-refractivity contribution is -0.120. The lowest BCUT2D eigenvalue weighted by atomic mass is 10.1. The van der Waals surface area contributed by atoms with Crippen molar-refractivity contribution in [3.8, 4) is 11.3 Å². The van der Waals surface area contributed by atoms with Crippen LogP contribution >= 0.6 is 22.7 Å². The molecule has 3 aromatic rings. The number of anilines is 1. The van der Waals surface area contributed by atoms with Crippen LogP contribution in [0.4, 0.5) is 5.69 Å². The van der Waals surface area contributed by atoms with Crippen molar-refractivity contribution >= 4 is 40.2 Å². The molecule has 0 atom stereocenters. The fraction of sp³-hybridized carbons (Fsp3) is 0.167. The molecular formula is C18H15N3O2S2. The molecule has 0 bridgehead atoms. The van der Waals surface area contributed by atoms with Gasteiger partial charge in [0.25, 0.3) is 0 Å². The molecule has 2 amide bonds. The Kier molecular flexibility index (Phi) is 4.33. The maximum atomic E-state index is 12.0. The molecule has 7 heteroatoms. The Morgan fingerprint density at radius 3 is 3.04 bits per heavy atom. The van der Waals surface area contributed by atoms with Crippen molar-refractivity contribution in [3.63, 3.8) is 0 Å². The molecule has 2 N–H and O–H groups in total. The number of nitrogens with zero attached hydrogens (tertiary/aromatic N) is 1. The molecule has 1 aliphatic heterocycles. The zero-order valence-corrected chi connectivity index (χ0v) is 14.9. The van der Waals surface area contributed by atoms with Crippen LogP contribution in [0.15, 0.2) is 41.1 Å². The van der Waals surface area contributed by atoms with Gasteiger partial charge in [0, 0.05) is 21.5 Å². The van der Waals surface area contributed by atoms with Gasteiger partial charge in [-0.15, -0.1) is 22.7 Å². The Morgan fingerprint density at radius 1 is 1.28 bits per heavy atom. The first kappa shape index (κ1) is 16.0. The predicted octanol–water partition coefficient (Wildman–Crippen LogP) is 3.23. The van der Waals surface area contributed by atoms with Crippen LogP contribution in [0.25, 0.3) is 11.3 Å². The number of aromatic nitrogens is 1. The second-order valence-electron chi connectivity index (χ2n) is 5.76. The summed E-state index contributed by atoms with van der Waals surface area (Å²) in [5, 5.41) is 10.6. The van der Waals surface area contributed by atoms with Gasteiger partial charge in [0.1, 0.15) is 5.01 Å². The largest absolute Gasteiger partial charge is 0.349 e. The van der Waals surface area contributed by atoms with Crippen LogP contribution in [-0.2, 0) is 29.0 Å². The molecule has 0 saturated heterocycles. The van der Waals surface area contributed by atoms with E-state index in [1.54, 1.807) is 11.3 Å². The monoisotopic (exact) mass is 369 g/mol. The zero-order valence-electron chi connectivity index (χ0n) is 13.2. The van der Waals surface area contributed by atoms with Crippen molar-refractivity contribution in [2.75, 3.05) is 5.32 Å². The van der Waals surface area contributed by atoms with Gasteiger partial charge in [-0.05, 0) is 29.1 Å². The summed E-state index contributed by atoms with van der Waals surface area (Å²) in [4.78, 5) is 29.1. The SMILES string of the molecule is O=C(Cc1cccs1)NCc1nc(-c2ccc3c(c2)CC(=O)N3)cs1. The van der Waals surface area contributed by atoms with Crippen LogP contribution in [0.1, 0.15) is 15.4 Å². The summed E-state index contributed by atoms with van der Waals surface area (Å²) in [6.07, 6.45) is 0.820. The van der Waals surface area contributed by atoms with Crippen LogP contribution in [0.3, 0.4) is 0 Å². The maximum absolute atomic E-state index is 12.0. The highest BCUT2D eigenvalue weighted by molar-refractivity contribution is 7.10. The van der Waals surface area contributed by atoms with Crippen molar-refractivity contribution in [1.82, 2.24) is 10.3 Å². The van der Waals surface area contributed by atoms with E-state index in [9.17, 15) is 9.59 Å². The van der Waals surface area contributed by atoms with E-state index in [1.807, 2.05) is 41.1 Å². The maximum Gasteiger partial charge on any atom is 0.228 e. The first-order chi connectivity index (χ1) is 12.2. The normalized spacial score (nSPS) is 12.7. The Balaban J connectivity index is 1.40. The highest BCUT2D eigenvalue weighted by Gasteiger charge is 2.18. The molecule has 1 aromatic carbocycles. The van der Waals surface area contributed by atoms with E-state index < -0.39 is 0 Å². The zero-order chi connectivity index (χ0) is 17.2. The second kappa shape index (κ2) is 6.78.